The van der Waals surface area contributed by atoms with E-state index in [9.17, 15) is 5.11 Å². The maximum absolute atomic E-state index is 9.55. The Morgan fingerprint density at radius 3 is 2.40 bits per heavy atom. The van der Waals surface area contributed by atoms with Gasteiger partial charge < -0.3 is 21.1 Å². The molecular formula is C19H39N5O. The van der Waals surface area contributed by atoms with Crippen LogP contribution in [0.5, 0.6) is 0 Å². The van der Waals surface area contributed by atoms with E-state index in [2.05, 4.69) is 29.4 Å². The van der Waals surface area contributed by atoms with Crippen LogP contribution in [0.3, 0.4) is 0 Å². The van der Waals surface area contributed by atoms with Crippen LogP contribution in [0.25, 0.3) is 0 Å². The molecule has 0 saturated carbocycles. The minimum absolute atomic E-state index is 0. The summed E-state index contributed by atoms with van der Waals surface area (Å²) in [4.78, 5) is 2.28. The van der Waals surface area contributed by atoms with Crippen LogP contribution in [0.15, 0.2) is 0 Å². The molecule has 2 aliphatic rings. The lowest BCUT2D eigenvalue weighted by molar-refractivity contribution is 0.00333. The van der Waals surface area contributed by atoms with Crippen LogP contribution in [-0.2, 0) is 0 Å². The third kappa shape index (κ3) is 9.77. The Hall–Kier alpha value is -1.18. The Labute approximate surface area is 155 Å². The molecule has 0 aliphatic carbocycles. The summed E-state index contributed by atoms with van der Waals surface area (Å²) in [6, 6.07) is 4.28. The van der Waals surface area contributed by atoms with Gasteiger partial charge >= 0.3 is 0 Å². The highest BCUT2D eigenvalue weighted by Gasteiger charge is 2.34. The van der Waals surface area contributed by atoms with Crippen LogP contribution < -0.4 is 11.1 Å². The van der Waals surface area contributed by atoms with Crippen molar-refractivity contribution in [2.45, 2.75) is 71.4 Å². The summed E-state index contributed by atoms with van der Waals surface area (Å²) in [5.41, 5.74) is 5.05. The highest BCUT2D eigenvalue weighted by molar-refractivity contribution is 5.00. The Bertz CT molecular complexity index is 427. The molecule has 0 amide bonds. The normalized spacial score (nSPS) is 32.1. The molecule has 25 heavy (non-hydrogen) atoms. The summed E-state index contributed by atoms with van der Waals surface area (Å²) in [5, 5.41) is 29.8. The van der Waals surface area contributed by atoms with Gasteiger partial charge in [0.2, 0.25) is 0 Å². The van der Waals surface area contributed by atoms with Crippen molar-refractivity contribution < 1.29 is 5.11 Å². The summed E-state index contributed by atoms with van der Waals surface area (Å²) in [5.74, 6) is -0.200. The Morgan fingerprint density at radius 1 is 1.28 bits per heavy atom. The van der Waals surface area contributed by atoms with Crippen molar-refractivity contribution in [2.75, 3.05) is 33.2 Å². The number of rotatable bonds is 1. The summed E-state index contributed by atoms with van der Waals surface area (Å²) in [6.07, 6.45) is 4.32. The zero-order valence-electron chi connectivity index (χ0n) is 15.8. The highest BCUT2D eigenvalue weighted by atomic mass is 16.3. The molecule has 6 nitrogen and oxygen atoms in total. The van der Waals surface area contributed by atoms with Gasteiger partial charge in [0.05, 0.1) is 30.1 Å². The SMILES string of the molecule is C.CC.CC1(O)CNCCC1C#N.CN1CCCC(N)(CC#N)CC1. The number of nitriles is 2. The van der Waals surface area contributed by atoms with E-state index in [0.29, 0.717) is 13.0 Å². The molecule has 0 bridgehead atoms. The van der Waals surface area contributed by atoms with Crippen LogP contribution >= 0.6 is 0 Å². The molecule has 0 radical (unpaired) electrons. The molecule has 4 N–H and O–H groups in total. The molecule has 0 aromatic carbocycles. The fraction of sp³-hybridized carbons (Fsp3) is 0.895. The average molecular weight is 354 g/mol. The molecule has 2 aliphatic heterocycles. The Morgan fingerprint density at radius 2 is 1.92 bits per heavy atom. The molecule has 0 aromatic rings. The van der Waals surface area contributed by atoms with Crippen molar-refractivity contribution in [3.63, 3.8) is 0 Å². The van der Waals surface area contributed by atoms with Crippen molar-refractivity contribution in [1.29, 1.82) is 10.5 Å². The van der Waals surface area contributed by atoms with E-state index in [1.165, 1.54) is 0 Å². The lowest BCUT2D eigenvalue weighted by Gasteiger charge is -2.33. The first kappa shape index (κ1) is 26.1. The van der Waals surface area contributed by atoms with Gasteiger partial charge in [0, 0.05) is 12.1 Å². The smallest absolute Gasteiger partial charge is 0.0901 e. The molecule has 0 spiro atoms. The molecule has 2 rings (SSSR count). The van der Waals surface area contributed by atoms with Crippen molar-refractivity contribution >= 4 is 0 Å². The highest BCUT2D eigenvalue weighted by Crippen LogP contribution is 2.22. The Kier molecular flexibility index (Phi) is 13.6. The van der Waals surface area contributed by atoms with Gasteiger partial charge in [0.1, 0.15) is 0 Å². The van der Waals surface area contributed by atoms with E-state index in [1.54, 1.807) is 6.92 Å². The molecule has 146 valence electrons. The van der Waals surface area contributed by atoms with Gasteiger partial charge in [0.15, 0.2) is 0 Å². The first-order valence-corrected chi connectivity index (χ1v) is 9.00. The first-order valence-electron chi connectivity index (χ1n) is 9.00. The summed E-state index contributed by atoms with van der Waals surface area (Å²) in [7, 11) is 2.11. The van der Waals surface area contributed by atoms with Gasteiger partial charge in [-0.3, -0.25) is 0 Å². The van der Waals surface area contributed by atoms with Gasteiger partial charge in [-0.1, -0.05) is 21.3 Å². The minimum atomic E-state index is -0.826. The molecule has 2 saturated heterocycles. The van der Waals surface area contributed by atoms with E-state index >= 15 is 0 Å². The van der Waals surface area contributed by atoms with Crippen LogP contribution in [-0.4, -0.2) is 54.4 Å². The van der Waals surface area contributed by atoms with Crippen molar-refractivity contribution in [3.05, 3.63) is 0 Å². The molecule has 6 heteroatoms. The first-order chi connectivity index (χ1) is 11.3. The number of hydrogen-bond acceptors (Lipinski definition) is 6. The van der Waals surface area contributed by atoms with Crippen LogP contribution in [0, 0.1) is 28.6 Å². The zero-order chi connectivity index (χ0) is 18.6. The predicted molar refractivity (Wildman–Crippen MR) is 104 cm³/mol. The van der Waals surface area contributed by atoms with E-state index < -0.39 is 5.60 Å². The molecular weight excluding hydrogens is 314 g/mol. The van der Waals surface area contributed by atoms with Gasteiger partial charge in [-0.05, 0) is 59.3 Å². The monoisotopic (exact) mass is 353 g/mol. The van der Waals surface area contributed by atoms with Crippen LogP contribution in [0.2, 0.25) is 0 Å². The fourth-order valence-electron chi connectivity index (χ4n) is 2.91. The minimum Gasteiger partial charge on any atom is -0.387 e. The molecule has 0 aromatic heterocycles. The van der Waals surface area contributed by atoms with E-state index in [0.717, 1.165) is 45.3 Å². The topological polar surface area (TPSA) is 109 Å². The summed E-state index contributed by atoms with van der Waals surface area (Å²) in [6.45, 7) is 9.22. The summed E-state index contributed by atoms with van der Waals surface area (Å²) < 4.78 is 0. The van der Waals surface area contributed by atoms with E-state index in [4.69, 9.17) is 16.3 Å². The largest absolute Gasteiger partial charge is 0.387 e. The quantitative estimate of drug-likeness (QED) is 0.667. The van der Waals surface area contributed by atoms with Gasteiger partial charge in [-0.15, -0.1) is 0 Å². The van der Waals surface area contributed by atoms with Crippen LogP contribution in [0.1, 0.15) is 60.3 Å². The Balaban J connectivity index is 0. The predicted octanol–water partition coefficient (Wildman–Crippen LogP) is 2.25. The molecule has 3 unspecified atom stereocenters. The third-order valence-electron chi connectivity index (χ3n) is 4.64. The maximum atomic E-state index is 9.55. The molecule has 2 fully saturated rings. The number of aliphatic hydroxyl groups is 1. The third-order valence-corrected chi connectivity index (χ3v) is 4.64. The van der Waals surface area contributed by atoms with E-state index in [1.807, 2.05) is 13.8 Å². The number of nitrogens with zero attached hydrogens (tertiary/aromatic N) is 3. The van der Waals surface area contributed by atoms with Crippen molar-refractivity contribution in [2.24, 2.45) is 11.7 Å². The number of hydrogen-bond donors (Lipinski definition) is 3. The fourth-order valence-corrected chi connectivity index (χ4v) is 2.91. The maximum Gasteiger partial charge on any atom is 0.0901 e. The van der Waals surface area contributed by atoms with Crippen molar-refractivity contribution in [3.8, 4) is 12.1 Å². The van der Waals surface area contributed by atoms with Crippen LogP contribution in [0.4, 0.5) is 0 Å². The molecule has 2 heterocycles. The second-order valence-electron chi connectivity index (χ2n) is 6.86. The number of piperidine rings is 1. The van der Waals surface area contributed by atoms with Gasteiger partial charge in [-0.2, -0.15) is 10.5 Å². The zero-order valence-corrected chi connectivity index (χ0v) is 15.8. The number of nitrogens with two attached hydrogens (primary N) is 1. The molecule has 3 atom stereocenters. The van der Waals surface area contributed by atoms with Gasteiger partial charge in [0.25, 0.3) is 0 Å². The van der Waals surface area contributed by atoms with Gasteiger partial charge in [-0.25, -0.2) is 0 Å². The number of nitrogens with one attached hydrogen (secondary N) is 1. The lowest BCUT2D eigenvalue weighted by atomic mass is 9.85. The summed E-state index contributed by atoms with van der Waals surface area (Å²) >= 11 is 0. The average Bonchev–Trinajstić information content (AvgIpc) is 2.71. The number of likely N-dealkylation sites (tertiary alicyclic amines) is 1. The van der Waals surface area contributed by atoms with E-state index in [-0.39, 0.29) is 18.9 Å². The second kappa shape index (κ2) is 13.1. The second-order valence-corrected chi connectivity index (χ2v) is 6.86. The lowest BCUT2D eigenvalue weighted by Crippen LogP contribution is -2.49. The number of β-amino-alcohol motifs (C(OH)–C–C–N with tert-alkyl or cyclic N) is 1. The van der Waals surface area contributed by atoms with Crippen molar-refractivity contribution in [1.82, 2.24) is 10.2 Å². The standard InChI is InChI=1S/C9H17N3.C7H12N2O.C2H6.CH4/c1-12-7-2-3-9(11,4-6-10)5-8-12;1-7(10)5-9-3-2-6(7)4-8;1-2;/h2-5,7-8,11H2,1H3;6,9-10H,2-3,5H2,1H3;1-2H3;1H4.